The molecule has 9 heteroatoms. The molecule has 1 aliphatic heterocycles. The van der Waals surface area contributed by atoms with E-state index >= 15 is 0 Å². The molecule has 0 unspecified atom stereocenters. The van der Waals surface area contributed by atoms with Crippen molar-refractivity contribution in [3.05, 3.63) is 42.2 Å². The Kier molecular flexibility index (Phi) is 6.30. The first-order valence-corrected chi connectivity index (χ1v) is 7.45. The first kappa shape index (κ1) is 18.4. The maximum Gasteiger partial charge on any atom is 0.184 e. The average Bonchev–Trinajstić information content (AvgIpc) is 3.00. The Hall–Kier alpha value is -1.96. The standard InChI is InChI=1S/C15H17N7.2ClH/c1-2-4-12(5-3-1)10-22-15-13(19-20-22)14(17-11-18-15)21-8-6-16-7-9-21;;/h1-5,11,16H,6-10H2;2*1H. The molecule has 1 fully saturated rings. The van der Waals surface area contributed by atoms with Gasteiger partial charge in [0.15, 0.2) is 17.0 Å². The largest absolute Gasteiger partial charge is 0.352 e. The lowest BCUT2D eigenvalue weighted by atomic mass is 10.2. The van der Waals surface area contributed by atoms with Crippen molar-refractivity contribution in [1.82, 2.24) is 30.3 Å². The molecule has 3 heterocycles. The first-order valence-electron chi connectivity index (χ1n) is 7.45. The molecular weight excluding hydrogens is 349 g/mol. The summed E-state index contributed by atoms with van der Waals surface area (Å²) >= 11 is 0. The number of hydrogen-bond donors (Lipinski definition) is 1. The molecule has 7 nitrogen and oxygen atoms in total. The summed E-state index contributed by atoms with van der Waals surface area (Å²) in [5.74, 6) is 0.880. The van der Waals surface area contributed by atoms with Crippen LogP contribution < -0.4 is 10.2 Å². The van der Waals surface area contributed by atoms with E-state index in [1.807, 2.05) is 22.9 Å². The van der Waals surface area contributed by atoms with Crippen molar-refractivity contribution in [1.29, 1.82) is 0 Å². The Bertz CT molecular complexity index is 772. The van der Waals surface area contributed by atoms with Gasteiger partial charge in [-0.05, 0) is 5.56 Å². The minimum absolute atomic E-state index is 0. The maximum absolute atomic E-state index is 4.42. The highest BCUT2D eigenvalue weighted by atomic mass is 35.5. The number of rotatable bonds is 3. The number of anilines is 1. The second-order valence-electron chi connectivity index (χ2n) is 5.34. The van der Waals surface area contributed by atoms with Gasteiger partial charge >= 0.3 is 0 Å². The van der Waals surface area contributed by atoms with E-state index < -0.39 is 0 Å². The summed E-state index contributed by atoms with van der Waals surface area (Å²) in [6.45, 7) is 4.44. The van der Waals surface area contributed by atoms with Gasteiger partial charge in [0.1, 0.15) is 6.33 Å². The molecule has 0 amide bonds. The predicted molar refractivity (Wildman–Crippen MR) is 98.2 cm³/mol. The fourth-order valence-electron chi connectivity index (χ4n) is 2.75. The van der Waals surface area contributed by atoms with Crippen LogP contribution >= 0.6 is 24.8 Å². The molecule has 0 aliphatic carbocycles. The topological polar surface area (TPSA) is 71.8 Å². The Morgan fingerprint density at radius 1 is 1.00 bits per heavy atom. The molecule has 1 aromatic carbocycles. The first-order chi connectivity index (χ1) is 10.9. The van der Waals surface area contributed by atoms with Crippen LogP contribution in [0, 0.1) is 0 Å². The molecule has 0 bridgehead atoms. The van der Waals surface area contributed by atoms with Crippen LogP contribution in [0.5, 0.6) is 0 Å². The fraction of sp³-hybridized carbons (Fsp3) is 0.333. The van der Waals surface area contributed by atoms with Crippen LogP contribution in [0.25, 0.3) is 11.2 Å². The minimum Gasteiger partial charge on any atom is -0.352 e. The Balaban J connectivity index is 0.00000104. The van der Waals surface area contributed by atoms with E-state index in [0.29, 0.717) is 6.54 Å². The summed E-state index contributed by atoms with van der Waals surface area (Å²) < 4.78 is 1.83. The van der Waals surface area contributed by atoms with E-state index in [1.165, 1.54) is 5.56 Å². The second kappa shape index (κ2) is 8.23. The molecule has 1 aliphatic rings. The molecular formula is C15H19Cl2N7. The third-order valence-electron chi connectivity index (χ3n) is 3.87. The molecule has 1 N–H and O–H groups in total. The molecule has 128 valence electrons. The SMILES string of the molecule is Cl.Cl.c1ccc(Cn2nnc3c(N4CCNCC4)ncnc32)cc1. The molecule has 0 spiro atoms. The maximum atomic E-state index is 4.42. The van der Waals surface area contributed by atoms with Crippen LogP contribution in [-0.4, -0.2) is 51.1 Å². The number of aromatic nitrogens is 5. The van der Waals surface area contributed by atoms with Gasteiger partial charge in [-0.25, -0.2) is 14.6 Å². The van der Waals surface area contributed by atoms with E-state index in [9.17, 15) is 0 Å². The van der Waals surface area contributed by atoms with Gasteiger partial charge in [-0.3, -0.25) is 0 Å². The summed E-state index contributed by atoms with van der Waals surface area (Å²) in [5, 5.41) is 11.9. The van der Waals surface area contributed by atoms with E-state index in [0.717, 1.165) is 43.2 Å². The van der Waals surface area contributed by atoms with Crippen molar-refractivity contribution in [2.45, 2.75) is 6.54 Å². The number of piperazine rings is 1. The van der Waals surface area contributed by atoms with Gasteiger partial charge in [0.25, 0.3) is 0 Å². The van der Waals surface area contributed by atoms with Crippen molar-refractivity contribution in [3.63, 3.8) is 0 Å². The monoisotopic (exact) mass is 367 g/mol. The van der Waals surface area contributed by atoms with Crippen molar-refractivity contribution in [2.75, 3.05) is 31.1 Å². The average molecular weight is 368 g/mol. The highest BCUT2D eigenvalue weighted by Gasteiger charge is 2.18. The van der Waals surface area contributed by atoms with Gasteiger partial charge in [0.2, 0.25) is 0 Å². The van der Waals surface area contributed by atoms with Crippen LogP contribution in [-0.2, 0) is 6.54 Å². The molecule has 0 atom stereocenters. The van der Waals surface area contributed by atoms with Gasteiger partial charge in [-0.15, -0.1) is 29.9 Å². The summed E-state index contributed by atoms with van der Waals surface area (Å²) in [7, 11) is 0. The number of halogens is 2. The van der Waals surface area contributed by atoms with E-state index in [-0.39, 0.29) is 24.8 Å². The molecule has 2 aromatic heterocycles. The van der Waals surface area contributed by atoms with Gasteiger partial charge in [-0.2, -0.15) is 0 Å². The normalized spacial score (nSPS) is 14.1. The Morgan fingerprint density at radius 2 is 1.75 bits per heavy atom. The van der Waals surface area contributed by atoms with Gasteiger partial charge < -0.3 is 10.2 Å². The summed E-state index contributed by atoms with van der Waals surface area (Å²) in [4.78, 5) is 11.0. The fourth-order valence-corrected chi connectivity index (χ4v) is 2.75. The second-order valence-corrected chi connectivity index (χ2v) is 5.34. The van der Waals surface area contributed by atoms with Gasteiger partial charge in [0, 0.05) is 26.2 Å². The van der Waals surface area contributed by atoms with Gasteiger partial charge in [-0.1, -0.05) is 35.5 Å². The van der Waals surface area contributed by atoms with Crippen LogP contribution in [0.2, 0.25) is 0 Å². The van der Waals surface area contributed by atoms with Crippen molar-refractivity contribution in [3.8, 4) is 0 Å². The van der Waals surface area contributed by atoms with Crippen molar-refractivity contribution in [2.24, 2.45) is 0 Å². The van der Waals surface area contributed by atoms with Gasteiger partial charge in [0.05, 0.1) is 6.54 Å². The lowest BCUT2D eigenvalue weighted by Gasteiger charge is -2.28. The van der Waals surface area contributed by atoms with E-state index in [4.69, 9.17) is 0 Å². The third-order valence-corrected chi connectivity index (χ3v) is 3.87. The summed E-state index contributed by atoms with van der Waals surface area (Å²) in [6.07, 6.45) is 1.60. The highest BCUT2D eigenvalue weighted by Crippen LogP contribution is 2.21. The zero-order chi connectivity index (χ0) is 14.8. The molecule has 3 aromatic rings. The van der Waals surface area contributed by atoms with Crippen molar-refractivity contribution < 1.29 is 0 Å². The lowest BCUT2D eigenvalue weighted by Crippen LogP contribution is -2.44. The van der Waals surface area contributed by atoms with Crippen LogP contribution in [0.1, 0.15) is 5.56 Å². The molecule has 0 radical (unpaired) electrons. The van der Waals surface area contributed by atoms with E-state index in [1.54, 1.807) is 6.33 Å². The number of nitrogens with one attached hydrogen (secondary N) is 1. The zero-order valence-electron chi connectivity index (χ0n) is 13.0. The number of fused-ring (bicyclic) bond motifs is 1. The summed E-state index contributed by atoms with van der Waals surface area (Å²) in [6, 6.07) is 10.2. The van der Waals surface area contributed by atoms with Crippen LogP contribution in [0.3, 0.4) is 0 Å². The lowest BCUT2D eigenvalue weighted by molar-refractivity contribution is 0.585. The van der Waals surface area contributed by atoms with E-state index in [2.05, 4.69) is 42.6 Å². The highest BCUT2D eigenvalue weighted by molar-refractivity contribution is 5.85. The number of benzene rings is 1. The zero-order valence-corrected chi connectivity index (χ0v) is 14.6. The molecule has 4 rings (SSSR count). The van der Waals surface area contributed by atoms with Crippen molar-refractivity contribution >= 4 is 41.8 Å². The van der Waals surface area contributed by atoms with Crippen LogP contribution in [0.15, 0.2) is 36.7 Å². The number of nitrogens with zero attached hydrogens (tertiary/aromatic N) is 6. The molecule has 1 saturated heterocycles. The third kappa shape index (κ3) is 3.58. The predicted octanol–water partition coefficient (Wildman–Crippen LogP) is 1.52. The molecule has 24 heavy (non-hydrogen) atoms. The Labute approximate surface area is 152 Å². The minimum atomic E-state index is 0. The van der Waals surface area contributed by atoms with Crippen LogP contribution in [0.4, 0.5) is 5.82 Å². The smallest absolute Gasteiger partial charge is 0.184 e. The summed E-state index contributed by atoms with van der Waals surface area (Å²) in [5.41, 5.74) is 2.74. The molecule has 0 saturated carbocycles. The number of hydrogen-bond acceptors (Lipinski definition) is 6. The Morgan fingerprint density at radius 3 is 2.50 bits per heavy atom. The quantitative estimate of drug-likeness (QED) is 0.756.